The Hall–Kier alpha value is -2.27. The Balaban J connectivity index is 1.83. The number of aromatic nitrogens is 2. The zero-order valence-corrected chi connectivity index (χ0v) is 13.3. The molecule has 0 bridgehead atoms. The van der Waals surface area contributed by atoms with Crippen LogP contribution in [0.4, 0.5) is 0 Å². The molecule has 0 unspecified atom stereocenters. The number of nitrogens with one attached hydrogen (secondary N) is 1. The van der Waals surface area contributed by atoms with E-state index in [0.29, 0.717) is 6.54 Å². The number of aryl methyl sites for hydroxylation is 1. The molecule has 5 nitrogen and oxygen atoms in total. The summed E-state index contributed by atoms with van der Waals surface area (Å²) in [6.07, 6.45) is 5.33. The standard InChI is InChI=1S/C17H22N4O/c1-13-4-5-16(10-19-13)14(2)20-17(22)12-21(3)11-15-6-8-18-9-7-15/h4-10,14H,11-12H2,1-3H3,(H,20,22)/t14-/m1/s1. The van der Waals surface area contributed by atoms with Crippen LogP contribution in [-0.2, 0) is 11.3 Å². The molecule has 0 radical (unpaired) electrons. The van der Waals surface area contributed by atoms with Crippen LogP contribution in [-0.4, -0.2) is 34.4 Å². The average molecular weight is 298 g/mol. The summed E-state index contributed by atoms with van der Waals surface area (Å²) in [5, 5.41) is 3.00. The Morgan fingerprint density at radius 3 is 2.64 bits per heavy atom. The maximum atomic E-state index is 12.1. The van der Waals surface area contributed by atoms with Gasteiger partial charge in [-0.15, -0.1) is 0 Å². The third kappa shape index (κ3) is 4.93. The smallest absolute Gasteiger partial charge is 0.234 e. The molecule has 1 N–H and O–H groups in total. The van der Waals surface area contributed by atoms with Crippen molar-refractivity contribution < 1.29 is 4.79 Å². The molecule has 0 aromatic carbocycles. The highest BCUT2D eigenvalue weighted by Gasteiger charge is 2.12. The second-order valence-corrected chi connectivity index (χ2v) is 5.55. The quantitative estimate of drug-likeness (QED) is 0.887. The van der Waals surface area contributed by atoms with Crippen molar-refractivity contribution in [2.75, 3.05) is 13.6 Å². The van der Waals surface area contributed by atoms with Crippen molar-refractivity contribution in [1.29, 1.82) is 0 Å². The lowest BCUT2D eigenvalue weighted by molar-refractivity contribution is -0.122. The lowest BCUT2D eigenvalue weighted by atomic mass is 10.1. The molecule has 0 spiro atoms. The second kappa shape index (κ2) is 7.66. The number of rotatable bonds is 6. The van der Waals surface area contributed by atoms with Gasteiger partial charge in [0.05, 0.1) is 12.6 Å². The first-order valence-electron chi connectivity index (χ1n) is 7.34. The van der Waals surface area contributed by atoms with Crippen molar-refractivity contribution in [3.05, 3.63) is 59.7 Å². The number of hydrogen-bond donors (Lipinski definition) is 1. The molecule has 2 rings (SSSR count). The first kappa shape index (κ1) is 16.1. The molecule has 1 amide bonds. The van der Waals surface area contributed by atoms with E-state index >= 15 is 0 Å². The van der Waals surface area contributed by atoms with Crippen LogP contribution in [0, 0.1) is 6.92 Å². The van der Waals surface area contributed by atoms with Crippen molar-refractivity contribution in [1.82, 2.24) is 20.2 Å². The lowest BCUT2D eigenvalue weighted by Crippen LogP contribution is -2.36. The predicted molar refractivity (Wildman–Crippen MR) is 86.1 cm³/mol. The van der Waals surface area contributed by atoms with E-state index in [1.807, 2.05) is 50.1 Å². The minimum Gasteiger partial charge on any atom is -0.348 e. The summed E-state index contributed by atoms with van der Waals surface area (Å²) in [6.45, 7) is 4.98. The number of pyridine rings is 2. The van der Waals surface area contributed by atoms with Gasteiger partial charge in [0.15, 0.2) is 0 Å². The topological polar surface area (TPSA) is 58.1 Å². The van der Waals surface area contributed by atoms with E-state index in [1.165, 1.54) is 0 Å². The van der Waals surface area contributed by atoms with E-state index in [2.05, 4.69) is 15.3 Å². The lowest BCUT2D eigenvalue weighted by Gasteiger charge is -2.19. The van der Waals surface area contributed by atoms with Crippen LogP contribution >= 0.6 is 0 Å². The van der Waals surface area contributed by atoms with E-state index < -0.39 is 0 Å². The van der Waals surface area contributed by atoms with E-state index in [9.17, 15) is 4.79 Å². The van der Waals surface area contributed by atoms with Crippen LogP contribution in [0.25, 0.3) is 0 Å². The van der Waals surface area contributed by atoms with Gasteiger partial charge in [-0.2, -0.15) is 0 Å². The molecule has 2 heterocycles. The summed E-state index contributed by atoms with van der Waals surface area (Å²) in [5.41, 5.74) is 3.12. The number of nitrogens with zero attached hydrogens (tertiary/aromatic N) is 3. The fourth-order valence-corrected chi connectivity index (χ4v) is 2.21. The largest absolute Gasteiger partial charge is 0.348 e. The fourth-order valence-electron chi connectivity index (χ4n) is 2.21. The summed E-state index contributed by atoms with van der Waals surface area (Å²) >= 11 is 0. The van der Waals surface area contributed by atoms with Crippen molar-refractivity contribution in [2.24, 2.45) is 0 Å². The summed E-state index contributed by atoms with van der Waals surface area (Å²) in [7, 11) is 1.93. The van der Waals surface area contributed by atoms with Gasteiger partial charge in [-0.25, -0.2) is 0 Å². The van der Waals surface area contributed by atoms with Crippen LogP contribution < -0.4 is 5.32 Å². The van der Waals surface area contributed by atoms with E-state index in [1.54, 1.807) is 18.6 Å². The SMILES string of the molecule is Cc1ccc([C@@H](C)NC(=O)CN(C)Cc2ccncc2)cn1. The highest BCUT2D eigenvalue weighted by atomic mass is 16.2. The van der Waals surface area contributed by atoms with Gasteiger partial charge >= 0.3 is 0 Å². The number of carbonyl (C=O) groups is 1. The number of hydrogen-bond acceptors (Lipinski definition) is 4. The van der Waals surface area contributed by atoms with Crippen LogP contribution in [0.3, 0.4) is 0 Å². The molecule has 116 valence electrons. The van der Waals surface area contributed by atoms with Crippen LogP contribution in [0.2, 0.25) is 0 Å². The predicted octanol–water partition coefficient (Wildman–Crippen LogP) is 2.09. The van der Waals surface area contributed by atoms with Gasteiger partial charge in [0, 0.05) is 30.8 Å². The molecule has 0 saturated carbocycles. The summed E-state index contributed by atoms with van der Waals surface area (Å²) in [4.78, 5) is 22.3. The van der Waals surface area contributed by atoms with Gasteiger partial charge in [-0.3, -0.25) is 19.7 Å². The first-order valence-corrected chi connectivity index (χ1v) is 7.34. The highest BCUT2D eigenvalue weighted by molar-refractivity contribution is 5.78. The van der Waals surface area contributed by atoms with Crippen molar-refractivity contribution in [3.63, 3.8) is 0 Å². The minimum absolute atomic E-state index is 0.00429. The zero-order chi connectivity index (χ0) is 15.9. The van der Waals surface area contributed by atoms with Gasteiger partial charge in [-0.1, -0.05) is 6.07 Å². The Bertz CT molecular complexity index is 598. The summed E-state index contributed by atoms with van der Waals surface area (Å²) in [5.74, 6) is 0.00429. The molecule has 0 fully saturated rings. The maximum absolute atomic E-state index is 12.1. The van der Waals surface area contributed by atoms with Crippen LogP contribution in [0.15, 0.2) is 42.9 Å². The number of carbonyl (C=O) groups excluding carboxylic acids is 1. The molecular formula is C17H22N4O. The van der Waals surface area contributed by atoms with Gasteiger partial charge in [0.1, 0.15) is 0 Å². The van der Waals surface area contributed by atoms with Crippen molar-refractivity contribution in [3.8, 4) is 0 Å². The summed E-state index contributed by atoms with van der Waals surface area (Å²) < 4.78 is 0. The highest BCUT2D eigenvalue weighted by Crippen LogP contribution is 2.11. The van der Waals surface area contributed by atoms with Gasteiger partial charge in [-0.05, 0) is 50.2 Å². The third-order valence-corrected chi connectivity index (χ3v) is 3.43. The molecule has 5 heteroatoms. The van der Waals surface area contributed by atoms with E-state index in [4.69, 9.17) is 0 Å². The molecule has 2 aromatic rings. The van der Waals surface area contributed by atoms with Gasteiger partial charge in [0.25, 0.3) is 0 Å². The van der Waals surface area contributed by atoms with E-state index in [-0.39, 0.29) is 11.9 Å². The number of likely N-dealkylation sites (N-methyl/N-ethyl adjacent to an activating group) is 1. The average Bonchev–Trinajstić information content (AvgIpc) is 2.48. The molecule has 22 heavy (non-hydrogen) atoms. The molecule has 2 aromatic heterocycles. The third-order valence-electron chi connectivity index (χ3n) is 3.43. The normalized spacial score (nSPS) is 12.2. The van der Waals surface area contributed by atoms with Gasteiger partial charge in [0.2, 0.25) is 5.91 Å². The zero-order valence-electron chi connectivity index (χ0n) is 13.3. The second-order valence-electron chi connectivity index (χ2n) is 5.55. The Morgan fingerprint density at radius 2 is 2.00 bits per heavy atom. The van der Waals surface area contributed by atoms with Crippen LogP contribution in [0.5, 0.6) is 0 Å². The molecule has 0 aliphatic rings. The molecule has 1 atom stereocenters. The molecular weight excluding hydrogens is 276 g/mol. The fraction of sp³-hybridized carbons (Fsp3) is 0.353. The Morgan fingerprint density at radius 1 is 1.27 bits per heavy atom. The van der Waals surface area contributed by atoms with Crippen LogP contribution in [0.1, 0.15) is 29.8 Å². The first-order chi connectivity index (χ1) is 10.5. The monoisotopic (exact) mass is 298 g/mol. The molecule has 0 aliphatic heterocycles. The van der Waals surface area contributed by atoms with E-state index in [0.717, 1.165) is 23.4 Å². The van der Waals surface area contributed by atoms with Crippen molar-refractivity contribution in [2.45, 2.75) is 26.4 Å². The summed E-state index contributed by atoms with van der Waals surface area (Å²) in [6, 6.07) is 7.81. The minimum atomic E-state index is -0.0464. The Labute approximate surface area is 131 Å². The molecule has 0 aliphatic carbocycles. The molecule has 0 saturated heterocycles. The Kier molecular flexibility index (Phi) is 5.61. The van der Waals surface area contributed by atoms with Gasteiger partial charge < -0.3 is 5.32 Å². The number of amides is 1. The maximum Gasteiger partial charge on any atom is 0.234 e. The van der Waals surface area contributed by atoms with Crippen molar-refractivity contribution >= 4 is 5.91 Å².